The maximum absolute atomic E-state index is 14.2. The number of nitrogens with zero attached hydrogens (tertiary/aromatic N) is 4. The Bertz CT molecular complexity index is 1050. The Hall–Kier alpha value is -2.77. The molecule has 2 aromatic rings. The van der Waals surface area contributed by atoms with Gasteiger partial charge in [-0.15, -0.1) is 0 Å². The Morgan fingerprint density at radius 2 is 1.91 bits per heavy atom. The fraction of sp³-hybridized carbons (Fsp3) is 0.462. The number of carbonyl (C=O) groups excluding carboxylic acids is 1. The van der Waals surface area contributed by atoms with E-state index in [1.54, 1.807) is 13.0 Å². The van der Waals surface area contributed by atoms with Crippen LogP contribution in [0.25, 0.3) is 0 Å². The van der Waals surface area contributed by atoms with Gasteiger partial charge in [0.2, 0.25) is 0 Å². The Balaban J connectivity index is 1.51. The van der Waals surface area contributed by atoms with Crippen LogP contribution in [0.15, 0.2) is 53.6 Å². The zero-order chi connectivity index (χ0) is 23.0. The van der Waals surface area contributed by atoms with Crippen LogP contribution in [0.2, 0.25) is 0 Å². The standard InChI is InChI=1S/C26H31FN4O2/c1-19(32)25-26(20-7-4-3-5-8-20,11-6-12-30-15-13-29(2)14-16-30)24-18-33-23-10-9-21(27)17-22(23)31(24)28-25/h3-5,7-10,17,24H,6,11-16,18H2,1-2H3/t24-,26+/m0/s1. The van der Waals surface area contributed by atoms with Gasteiger partial charge < -0.3 is 14.5 Å². The minimum absolute atomic E-state index is 0.0502. The van der Waals surface area contributed by atoms with Crippen molar-refractivity contribution in [1.29, 1.82) is 0 Å². The number of benzene rings is 2. The van der Waals surface area contributed by atoms with Crippen LogP contribution in [0.3, 0.4) is 0 Å². The van der Waals surface area contributed by atoms with Gasteiger partial charge in [0.05, 0.1) is 5.41 Å². The summed E-state index contributed by atoms with van der Waals surface area (Å²) in [5, 5.41) is 6.67. The van der Waals surface area contributed by atoms with Crippen molar-refractivity contribution in [2.24, 2.45) is 5.10 Å². The largest absolute Gasteiger partial charge is 0.489 e. The van der Waals surface area contributed by atoms with Crippen molar-refractivity contribution >= 4 is 17.2 Å². The number of ketones is 1. The monoisotopic (exact) mass is 450 g/mol. The van der Waals surface area contributed by atoms with Crippen molar-refractivity contribution in [3.8, 4) is 5.75 Å². The summed E-state index contributed by atoms with van der Waals surface area (Å²) in [7, 11) is 2.16. The van der Waals surface area contributed by atoms with Gasteiger partial charge in [0, 0.05) is 39.2 Å². The first-order valence-corrected chi connectivity index (χ1v) is 11.8. The van der Waals surface area contributed by atoms with Gasteiger partial charge in [-0.1, -0.05) is 30.3 Å². The Morgan fingerprint density at radius 3 is 2.64 bits per heavy atom. The second-order valence-corrected chi connectivity index (χ2v) is 9.37. The third-order valence-corrected chi connectivity index (χ3v) is 7.32. The topological polar surface area (TPSA) is 48.4 Å². The van der Waals surface area contributed by atoms with Crippen molar-refractivity contribution in [3.05, 3.63) is 59.9 Å². The molecule has 5 rings (SSSR count). The van der Waals surface area contributed by atoms with Crippen molar-refractivity contribution in [1.82, 2.24) is 9.80 Å². The van der Waals surface area contributed by atoms with Gasteiger partial charge in [-0.25, -0.2) is 4.39 Å². The summed E-state index contributed by atoms with van der Waals surface area (Å²) in [6.07, 6.45) is 1.71. The van der Waals surface area contributed by atoms with E-state index in [2.05, 4.69) is 29.0 Å². The molecule has 3 aliphatic heterocycles. The molecule has 33 heavy (non-hydrogen) atoms. The predicted octanol–water partition coefficient (Wildman–Crippen LogP) is 3.32. The molecule has 0 N–H and O–H groups in total. The van der Waals surface area contributed by atoms with Crippen LogP contribution < -0.4 is 9.75 Å². The third kappa shape index (κ3) is 3.93. The van der Waals surface area contributed by atoms with Crippen molar-refractivity contribution in [2.75, 3.05) is 51.4 Å². The summed E-state index contributed by atoms with van der Waals surface area (Å²) in [6.45, 7) is 7.24. The molecule has 0 saturated carbocycles. The fourth-order valence-electron chi connectivity index (χ4n) is 5.56. The van der Waals surface area contributed by atoms with E-state index < -0.39 is 5.41 Å². The SMILES string of the molecule is CC(=O)C1=NN2c3cc(F)ccc3OC[C@H]2[C@@]1(CCCN1CCN(C)CC1)c1ccccc1. The number of carbonyl (C=O) groups is 1. The van der Waals surface area contributed by atoms with Crippen LogP contribution in [-0.4, -0.2) is 73.7 Å². The lowest BCUT2D eigenvalue weighted by Crippen LogP contribution is -2.54. The van der Waals surface area contributed by atoms with Gasteiger partial charge in [0.1, 0.15) is 35.6 Å². The number of Topliss-reactive ketones (excluding diaryl/α,β-unsaturated/α-hetero) is 1. The highest BCUT2D eigenvalue weighted by atomic mass is 19.1. The molecule has 0 bridgehead atoms. The third-order valence-electron chi connectivity index (χ3n) is 7.32. The molecular formula is C26H31FN4O2. The molecule has 3 heterocycles. The molecule has 0 spiro atoms. The molecule has 174 valence electrons. The summed E-state index contributed by atoms with van der Waals surface area (Å²) < 4.78 is 20.2. The molecule has 3 aliphatic rings. The van der Waals surface area contributed by atoms with Gasteiger partial charge in [0.15, 0.2) is 5.78 Å². The summed E-state index contributed by atoms with van der Waals surface area (Å²) in [4.78, 5) is 17.8. The van der Waals surface area contributed by atoms with Gasteiger partial charge in [-0.2, -0.15) is 5.10 Å². The molecule has 6 nitrogen and oxygen atoms in total. The molecule has 7 heteroatoms. The van der Waals surface area contributed by atoms with Crippen LogP contribution in [0.5, 0.6) is 5.75 Å². The number of anilines is 1. The molecule has 2 atom stereocenters. The fourth-order valence-corrected chi connectivity index (χ4v) is 5.56. The smallest absolute Gasteiger partial charge is 0.176 e. The van der Waals surface area contributed by atoms with Crippen LogP contribution in [-0.2, 0) is 10.2 Å². The molecule has 0 aromatic heterocycles. The van der Waals surface area contributed by atoms with E-state index in [9.17, 15) is 9.18 Å². The maximum Gasteiger partial charge on any atom is 0.176 e. The van der Waals surface area contributed by atoms with E-state index >= 15 is 0 Å². The highest BCUT2D eigenvalue weighted by molar-refractivity contribution is 6.43. The Labute approximate surface area is 194 Å². The summed E-state index contributed by atoms with van der Waals surface area (Å²) in [5.41, 5.74) is 1.58. The average Bonchev–Trinajstić information content (AvgIpc) is 3.17. The minimum atomic E-state index is -0.607. The van der Waals surface area contributed by atoms with Gasteiger partial charge >= 0.3 is 0 Å². The lowest BCUT2D eigenvalue weighted by atomic mass is 9.67. The van der Waals surface area contributed by atoms with E-state index in [0.29, 0.717) is 23.8 Å². The first-order valence-electron chi connectivity index (χ1n) is 11.8. The minimum Gasteiger partial charge on any atom is -0.489 e. The molecule has 2 aromatic carbocycles. The number of likely N-dealkylation sites (N-methyl/N-ethyl adjacent to an activating group) is 1. The molecule has 1 fully saturated rings. The van der Waals surface area contributed by atoms with Crippen LogP contribution in [0, 0.1) is 5.82 Å². The lowest BCUT2D eigenvalue weighted by Gasteiger charge is -2.42. The van der Waals surface area contributed by atoms with Crippen molar-refractivity contribution < 1.29 is 13.9 Å². The lowest BCUT2D eigenvalue weighted by molar-refractivity contribution is -0.111. The normalized spacial score (nSPS) is 25.2. The number of rotatable bonds is 6. The maximum atomic E-state index is 14.2. The quantitative estimate of drug-likeness (QED) is 0.676. The van der Waals surface area contributed by atoms with Crippen LogP contribution >= 0.6 is 0 Å². The summed E-state index contributed by atoms with van der Waals surface area (Å²) in [6, 6.07) is 14.4. The number of hydrazone groups is 1. The van der Waals surface area contributed by atoms with Gasteiger partial charge in [0.25, 0.3) is 0 Å². The number of ether oxygens (including phenoxy) is 1. The van der Waals surface area contributed by atoms with Gasteiger partial charge in [-0.05, 0) is 44.1 Å². The summed E-state index contributed by atoms with van der Waals surface area (Å²) in [5.74, 6) is 0.205. The highest BCUT2D eigenvalue weighted by Crippen LogP contribution is 2.48. The number of piperazine rings is 1. The van der Waals surface area contributed by atoms with Gasteiger partial charge in [-0.3, -0.25) is 9.80 Å². The second kappa shape index (κ2) is 8.88. The average molecular weight is 451 g/mol. The Kier molecular flexibility index (Phi) is 5.93. The molecule has 1 saturated heterocycles. The molecule has 0 amide bonds. The first-order chi connectivity index (χ1) is 16.0. The van der Waals surface area contributed by atoms with E-state index in [0.717, 1.165) is 51.1 Å². The highest BCUT2D eigenvalue weighted by Gasteiger charge is 2.55. The van der Waals surface area contributed by atoms with Crippen LogP contribution in [0.4, 0.5) is 10.1 Å². The predicted molar refractivity (Wildman–Crippen MR) is 128 cm³/mol. The molecule has 0 unspecified atom stereocenters. The van der Waals surface area contributed by atoms with Crippen molar-refractivity contribution in [3.63, 3.8) is 0 Å². The number of halogens is 1. The van der Waals surface area contributed by atoms with E-state index in [1.165, 1.54) is 12.1 Å². The van der Waals surface area contributed by atoms with E-state index in [1.807, 2.05) is 23.2 Å². The number of hydrogen-bond donors (Lipinski definition) is 0. The second-order valence-electron chi connectivity index (χ2n) is 9.37. The van der Waals surface area contributed by atoms with Crippen LogP contribution in [0.1, 0.15) is 25.3 Å². The first kappa shape index (κ1) is 22.0. The molecule has 0 radical (unpaired) electrons. The number of hydrogen-bond acceptors (Lipinski definition) is 6. The van der Waals surface area contributed by atoms with E-state index in [4.69, 9.17) is 9.84 Å². The molecule has 0 aliphatic carbocycles. The Morgan fingerprint density at radius 1 is 1.15 bits per heavy atom. The zero-order valence-electron chi connectivity index (χ0n) is 19.3. The van der Waals surface area contributed by atoms with E-state index in [-0.39, 0.29) is 17.6 Å². The zero-order valence-corrected chi connectivity index (χ0v) is 19.3. The summed E-state index contributed by atoms with van der Waals surface area (Å²) >= 11 is 0. The van der Waals surface area contributed by atoms with Crippen molar-refractivity contribution in [2.45, 2.75) is 31.2 Å². The molecular weight excluding hydrogens is 419 g/mol. The number of fused-ring (bicyclic) bond motifs is 3.